The van der Waals surface area contributed by atoms with Gasteiger partial charge >= 0.3 is 0 Å². The van der Waals surface area contributed by atoms with E-state index in [0.717, 1.165) is 12.8 Å². The number of carbonyl (C=O) groups is 1. The molecule has 0 aromatic heterocycles. The summed E-state index contributed by atoms with van der Waals surface area (Å²) in [7, 11) is 0. The zero-order chi connectivity index (χ0) is 15.9. The number of ether oxygens (including phenoxy) is 1. The van der Waals surface area contributed by atoms with Crippen LogP contribution in [0.5, 0.6) is 5.75 Å². The van der Waals surface area contributed by atoms with E-state index in [2.05, 4.69) is 19.2 Å². The molecule has 1 amide bonds. The van der Waals surface area contributed by atoms with Crippen LogP contribution in [0.1, 0.15) is 62.7 Å². The second kappa shape index (κ2) is 8.06. The van der Waals surface area contributed by atoms with Crippen molar-refractivity contribution in [3.05, 3.63) is 23.8 Å². The Morgan fingerprint density at radius 1 is 1.27 bits per heavy atom. The van der Waals surface area contributed by atoms with E-state index < -0.39 is 0 Å². The molecule has 4 nitrogen and oxygen atoms in total. The fraction of sp³-hybridized carbons (Fsp3) is 0.611. The number of hydrogen-bond acceptors (Lipinski definition) is 3. The van der Waals surface area contributed by atoms with Crippen LogP contribution >= 0.6 is 0 Å². The predicted molar refractivity (Wildman–Crippen MR) is 90.1 cm³/mol. The van der Waals surface area contributed by atoms with Crippen molar-refractivity contribution in [2.75, 3.05) is 12.3 Å². The number of hydrogen-bond donors (Lipinski definition) is 2. The van der Waals surface area contributed by atoms with Gasteiger partial charge in [-0.3, -0.25) is 4.79 Å². The first kappa shape index (κ1) is 16.7. The van der Waals surface area contributed by atoms with E-state index in [4.69, 9.17) is 10.5 Å². The Kier molecular flexibility index (Phi) is 6.10. The van der Waals surface area contributed by atoms with Crippen LogP contribution in [-0.2, 0) is 0 Å². The highest BCUT2D eigenvalue weighted by molar-refractivity contribution is 5.95. The maximum Gasteiger partial charge on any atom is 0.251 e. The van der Waals surface area contributed by atoms with E-state index in [1.165, 1.54) is 25.7 Å². The summed E-state index contributed by atoms with van der Waals surface area (Å²) in [4.78, 5) is 12.4. The molecule has 1 aromatic rings. The van der Waals surface area contributed by atoms with E-state index in [-0.39, 0.29) is 5.91 Å². The fourth-order valence-electron chi connectivity index (χ4n) is 2.75. The van der Waals surface area contributed by atoms with E-state index in [1.807, 2.05) is 0 Å². The first-order chi connectivity index (χ1) is 10.6. The number of nitrogens with one attached hydrogen (secondary N) is 1. The van der Waals surface area contributed by atoms with Gasteiger partial charge in [0, 0.05) is 11.6 Å². The van der Waals surface area contributed by atoms with Gasteiger partial charge in [-0.15, -0.1) is 0 Å². The van der Waals surface area contributed by atoms with Crippen molar-refractivity contribution in [3.8, 4) is 5.75 Å². The number of rotatable bonds is 5. The Hall–Kier alpha value is -1.71. The van der Waals surface area contributed by atoms with Crippen LogP contribution in [0.15, 0.2) is 18.2 Å². The third kappa shape index (κ3) is 4.93. The Morgan fingerprint density at radius 3 is 2.59 bits per heavy atom. The molecule has 122 valence electrons. The second-order valence-corrected chi connectivity index (χ2v) is 6.62. The molecular weight excluding hydrogens is 276 g/mol. The maximum atomic E-state index is 12.4. The molecule has 4 heteroatoms. The summed E-state index contributed by atoms with van der Waals surface area (Å²) in [6, 6.07) is 5.57. The summed E-state index contributed by atoms with van der Waals surface area (Å²) in [5, 5.41) is 3.15. The third-order valence-corrected chi connectivity index (χ3v) is 4.04. The molecular formula is C18H28N2O2. The zero-order valence-electron chi connectivity index (χ0n) is 13.7. The van der Waals surface area contributed by atoms with Crippen LogP contribution in [0, 0.1) is 5.92 Å². The van der Waals surface area contributed by atoms with Crippen LogP contribution in [0.4, 0.5) is 5.69 Å². The quantitative estimate of drug-likeness (QED) is 0.643. The average Bonchev–Trinajstić information content (AvgIpc) is 2.74. The second-order valence-electron chi connectivity index (χ2n) is 6.62. The van der Waals surface area contributed by atoms with E-state index in [1.54, 1.807) is 18.2 Å². The highest BCUT2D eigenvalue weighted by Gasteiger charge is 2.16. The largest absolute Gasteiger partial charge is 0.491 e. The molecule has 0 atom stereocenters. The van der Waals surface area contributed by atoms with Crippen molar-refractivity contribution >= 4 is 11.6 Å². The summed E-state index contributed by atoms with van der Waals surface area (Å²) in [5.74, 6) is 0.992. The molecule has 0 saturated heterocycles. The standard InChI is InChI=1S/C18H28N2O2/c1-13(2)12-22-17-11-14(9-10-16(17)19)18(21)20-15-7-5-3-4-6-8-15/h9-11,13,15H,3-8,12,19H2,1-2H3,(H,20,21). The van der Waals surface area contributed by atoms with Gasteiger partial charge in [0.05, 0.1) is 12.3 Å². The highest BCUT2D eigenvalue weighted by atomic mass is 16.5. The molecule has 0 heterocycles. The van der Waals surface area contributed by atoms with Gasteiger partial charge in [-0.05, 0) is 37.0 Å². The van der Waals surface area contributed by atoms with Crippen LogP contribution in [0.3, 0.4) is 0 Å². The lowest BCUT2D eigenvalue weighted by atomic mass is 10.1. The normalized spacial score (nSPS) is 16.3. The molecule has 0 spiro atoms. The van der Waals surface area contributed by atoms with Gasteiger partial charge in [0.1, 0.15) is 5.75 Å². The van der Waals surface area contributed by atoms with Gasteiger partial charge in [-0.25, -0.2) is 0 Å². The minimum Gasteiger partial charge on any atom is -0.491 e. The number of amides is 1. The van der Waals surface area contributed by atoms with Crippen molar-refractivity contribution < 1.29 is 9.53 Å². The minimum atomic E-state index is -0.0266. The summed E-state index contributed by atoms with van der Waals surface area (Å²) >= 11 is 0. The summed E-state index contributed by atoms with van der Waals surface area (Å²) in [5.41, 5.74) is 7.12. The van der Waals surface area contributed by atoms with Gasteiger partial charge in [-0.2, -0.15) is 0 Å². The minimum absolute atomic E-state index is 0.0266. The van der Waals surface area contributed by atoms with Crippen molar-refractivity contribution in [2.24, 2.45) is 5.92 Å². The number of anilines is 1. The Morgan fingerprint density at radius 2 is 1.95 bits per heavy atom. The molecule has 0 unspecified atom stereocenters. The lowest BCUT2D eigenvalue weighted by molar-refractivity contribution is 0.0933. The molecule has 0 bridgehead atoms. The number of carbonyl (C=O) groups excluding carboxylic acids is 1. The van der Waals surface area contributed by atoms with Crippen LogP contribution in [-0.4, -0.2) is 18.6 Å². The third-order valence-electron chi connectivity index (χ3n) is 4.04. The van der Waals surface area contributed by atoms with Crippen molar-refractivity contribution in [1.29, 1.82) is 0 Å². The van der Waals surface area contributed by atoms with Gasteiger partial charge in [0.25, 0.3) is 5.91 Å². The first-order valence-corrected chi connectivity index (χ1v) is 8.39. The summed E-state index contributed by atoms with van der Waals surface area (Å²) < 4.78 is 5.69. The lowest BCUT2D eigenvalue weighted by Gasteiger charge is -2.17. The SMILES string of the molecule is CC(C)COc1cc(C(=O)NC2CCCCCC2)ccc1N. The van der Waals surface area contributed by atoms with Gasteiger partial charge in [0.2, 0.25) is 0 Å². The van der Waals surface area contributed by atoms with Gasteiger partial charge in [-0.1, -0.05) is 39.5 Å². The molecule has 1 aliphatic rings. The van der Waals surface area contributed by atoms with E-state index in [0.29, 0.717) is 35.6 Å². The van der Waals surface area contributed by atoms with E-state index >= 15 is 0 Å². The highest BCUT2D eigenvalue weighted by Crippen LogP contribution is 2.24. The monoisotopic (exact) mass is 304 g/mol. The molecule has 1 saturated carbocycles. The Labute approximate surface area is 133 Å². The van der Waals surface area contributed by atoms with Crippen LogP contribution in [0.2, 0.25) is 0 Å². The molecule has 1 fully saturated rings. The molecule has 3 N–H and O–H groups in total. The number of benzene rings is 1. The Bertz CT molecular complexity index is 492. The molecule has 0 radical (unpaired) electrons. The van der Waals surface area contributed by atoms with Crippen LogP contribution < -0.4 is 15.8 Å². The topological polar surface area (TPSA) is 64.3 Å². The lowest BCUT2D eigenvalue weighted by Crippen LogP contribution is -2.34. The first-order valence-electron chi connectivity index (χ1n) is 8.39. The van der Waals surface area contributed by atoms with Gasteiger partial charge < -0.3 is 15.8 Å². The summed E-state index contributed by atoms with van der Waals surface area (Å²) in [6.07, 6.45) is 7.13. The Balaban J connectivity index is 2.00. The molecule has 22 heavy (non-hydrogen) atoms. The van der Waals surface area contributed by atoms with Crippen molar-refractivity contribution in [2.45, 2.75) is 58.4 Å². The smallest absolute Gasteiger partial charge is 0.251 e. The average molecular weight is 304 g/mol. The molecule has 0 aliphatic heterocycles. The van der Waals surface area contributed by atoms with Crippen molar-refractivity contribution in [3.63, 3.8) is 0 Å². The fourth-order valence-corrected chi connectivity index (χ4v) is 2.75. The molecule has 2 rings (SSSR count). The predicted octanol–water partition coefficient (Wildman–Crippen LogP) is 3.76. The van der Waals surface area contributed by atoms with Crippen molar-refractivity contribution in [1.82, 2.24) is 5.32 Å². The van der Waals surface area contributed by atoms with E-state index in [9.17, 15) is 4.79 Å². The van der Waals surface area contributed by atoms with Crippen LogP contribution in [0.25, 0.3) is 0 Å². The summed E-state index contributed by atoms with van der Waals surface area (Å²) in [6.45, 7) is 4.76. The van der Waals surface area contributed by atoms with Gasteiger partial charge in [0.15, 0.2) is 0 Å². The maximum absolute atomic E-state index is 12.4. The molecule has 1 aromatic carbocycles. The zero-order valence-corrected chi connectivity index (χ0v) is 13.7. The molecule has 1 aliphatic carbocycles. The number of nitrogen functional groups attached to an aromatic ring is 1. The number of nitrogens with two attached hydrogens (primary N) is 1.